The van der Waals surface area contributed by atoms with E-state index in [9.17, 15) is 0 Å². The second-order valence-corrected chi connectivity index (χ2v) is 12.2. The Balaban J connectivity index is 4.75. The Morgan fingerprint density at radius 3 is 1.26 bits per heavy atom. The van der Waals surface area contributed by atoms with Crippen molar-refractivity contribution in [1.29, 1.82) is 0 Å². The predicted molar refractivity (Wildman–Crippen MR) is 161 cm³/mol. The van der Waals surface area contributed by atoms with Gasteiger partial charge in [-0.1, -0.05) is 124 Å². The summed E-state index contributed by atoms with van der Waals surface area (Å²) in [6.45, 7) is 10.9. The molecule has 212 valence electrons. The molecule has 0 spiro atoms. The van der Waals surface area contributed by atoms with Crippen LogP contribution < -0.4 is 0 Å². The van der Waals surface area contributed by atoms with Gasteiger partial charge in [-0.3, -0.25) is 0 Å². The van der Waals surface area contributed by atoms with Crippen LogP contribution in [0.4, 0.5) is 0 Å². The number of ether oxygens (including phenoxy) is 3. The van der Waals surface area contributed by atoms with Crippen LogP contribution in [0.5, 0.6) is 0 Å². The van der Waals surface area contributed by atoms with Gasteiger partial charge in [-0.05, 0) is 63.2 Å². The largest absolute Gasteiger partial charge is 0.353 e. The van der Waals surface area contributed by atoms with Crippen LogP contribution in [-0.2, 0) is 14.2 Å². The van der Waals surface area contributed by atoms with Gasteiger partial charge >= 0.3 is 0 Å². The van der Waals surface area contributed by atoms with Crippen LogP contribution in [-0.4, -0.2) is 36.5 Å². The fourth-order valence-electron chi connectivity index (χ4n) is 4.62. The summed E-state index contributed by atoms with van der Waals surface area (Å²) in [5.74, 6) is 1.58. The Hall–Kier alpha value is 0.840. The summed E-state index contributed by atoms with van der Waals surface area (Å²) in [4.78, 5) is 0. The molecule has 0 aliphatic heterocycles. The number of rotatable bonds is 28. The van der Waals surface area contributed by atoms with Gasteiger partial charge in [0.25, 0.3) is 0 Å². The van der Waals surface area contributed by atoms with E-state index in [0.717, 1.165) is 61.4 Å². The highest BCUT2D eigenvalue weighted by Gasteiger charge is 2.19. The molecule has 5 heteroatoms. The third-order valence-corrected chi connectivity index (χ3v) is 7.92. The summed E-state index contributed by atoms with van der Waals surface area (Å²) >= 11 is 7.06. The summed E-state index contributed by atoms with van der Waals surface area (Å²) in [5.41, 5.74) is 0. The zero-order valence-electron chi connectivity index (χ0n) is 23.8. The first-order chi connectivity index (χ1) is 17.1. The van der Waals surface area contributed by atoms with Crippen LogP contribution in [0.2, 0.25) is 0 Å². The van der Waals surface area contributed by atoms with E-state index in [0.29, 0.717) is 0 Å². The van der Waals surface area contributed by atoms with E-state index in [1.807, 2.05) is 0 Å². The van der Waals surface area contributed by atoms with Gasteiger partial charge in [-0.2, -0.15) is 0 Å². The van der Waals surface area contributed by atoms with Gasteiger partial charge in [-0.25, -0.2) is 0 Å². The molecule has 0 heterocycles. The van der Waals surface area contributed by atoms with Crippen molar-refractivity contribution in [2.75, 3.05) is 23.9 Å². The predicted octanol–water partition coefficient (Wildman–Crippen LogP) is 10.8. The lowest BCUT2D eigenvalue weighted by molar-refractivity contribution is -0.250. The van der Waals surface area contributed by atoms with Crippen LogP contribution in [0.3, 0.4) is 0 Å². The minimum absolute atomic E-state index is 0.133. The summed E-state index contributed by atoms with van der Waals surface area (Å²) < 4.78 is 19.1. The van der Waals surface area contributed by atoms with Gasteiger partial charge in [0.1, 0.15) is 0 Å². The van der Waals surface area contributed by atoms with Crippen molar-refractivity contribution < 1.29 is 14.2 Å². The Kier molecular flexibility index (Phi) is 28.5. The van der Waals surface area contributed by atoms with Crippen LogP contribution in [0, 0.1) is 11.8 Å². The molecule has 0 aliphatic carbocycles. The van der Waals surface area contributed by atoms with E-state index < -0.39 is 0 Å². The monoisotopic (exact) mass is 626 g/mol. The highest BCUT2D eigenvalue weighted by molar-refractivity contribution is 9.09. The normalized spacial score (nSPS) is 15.3. The third kappa shape index (κ3) is 24.9. The second-order valence-electron chi connectivity index (χ2n) is 10.6. The average molecular weight is 629 g/mol. The summed E-state index contributed by atoms with van der Waals surface area (Å²) in [5, 5.41) is 2.20. The summed E-state index contributed by atoms with van der Waals surface area (Å²) in [6, 6.07) is 0. The highest BCUT2D eigenvalue weighted by Crippen LogP contribution is 2.21. The van der Waals surface area contributed by atoms with Gasteiger partial charge in [0.05, 0.1) is 0 Å². The van der Waals surface area contributed by atoms with Crippen molar-refractivity contribution in [3.05, 3.63) is 0 Å². The van der Waals surface area contributed by atoms with Gasteiger partial charge in [-0.15, -0.1) is 0 Å². The van der Waals surface area contributed by atoms with Crippen LogP contribution in [0.15, 0.2) is 0 Å². The van der Waals surface area contributed by atoms with Gasteiger partial charge in [0.2, 0.25) is 0 Å². The van der Waals surface area contributed by atoms with E-state index in [1.54, 1.807) is 0 Å². The molecule has 0 amide bonds. The number of hydrogen-bond acceptors (Lipinski definition) is 3. The van der Waals surface area contributed by atoms with Gasteiger partial charge in [0, 0.05) is 23.9 Å². The van der Waals surface area contributed by atoms with E-state index in [1.165, 1.54) is 89.9 Å². The number of hydrogen-bond donors (Lipinski definition) is 0. The molecular weight excluding hydrogens is 568 g/mol. The van der Waals surface area contributed by atoms with Crippen LogP contribution >= 0.6 is 31.9 Å². The molecule has 0 rings (SSSR count). The number of halogens is 2. The van der Waals surface area contributed by atoms with Crippen LogP contribution in [0.25, 0.3) is 0 Å². The van der Waals surface area contributed by atoms with E-state index >= 15 is 0 Å². The van der Waals surface area contributed by atoms with Gasteiger partial charge < -0.3 is 14.2 Å². The lowest BCUT2D eigenvalue weighted by Crippen LogP contribution is -2.28. The first-order valence-corrected chi connectivity index (χ1v) is 17.3. The Morgan fingerprint density at radius 1 is 0.486 bits per heavy atom. The minimum Gasteiger partial charge on any atom is -0.353 e. The Bertz CT molecular complexity index is 375. The fourth-order valence-corrected chi connectivity index (χ4v) is 5.41. The first-order valence-electron chi connectivity index (χ1n) is 15.1. The van der Waals surface area contributed by atoms with Crippen molar-refractivity contribution in [3.63, 3.8) is 0 Å². The molecular formula is C30H60Br2O3. The summed E-state index contributed by atoms with van der Waals surface area (Å²) in [6.07, 6.45) is 21.5. The zero-order valence-corrected chi connectivity index (χ0v) is 27.0. The molecule has 4 atom stereocenters. The SMILES string of the molecule is CCCC(C)CCCC(OCCCCCCBr)OC(CCCC(C)CCC)OCCCCCCBr. The lowest BCUT2D eigenvalue weighted by Gasteiger charge is -2.26. The fraction of sp³-hybridized carbons (Fsp3) is 1.00. The van der Waals surface area contributed by atoms with E-state index in [4.69, 9.17) is 14.2 Å². The molecule has 0 radical (unpaired) electrons. The van der Waals surface area contributed by atoms with Crippen molar-refractivity contribution in [1.82, 2.24) is 0 Å². The first kappa shape index (κ1) is 35.8. The smallest absolute Gasteiger partial charge is 0.160 e. The Labute approximate surface area is 236 Å². The molecule has 0 saturated heterocycles. The van der Waals surface area contributed by atoms with Crippen molar-refractivity contribution >= 4 is 31.9 Å². The maximum absolute atomic E-state index is 6.53. The molecule has 4 unspecified atom stereocenters. The number of unbranched alkanes of at least 4 members (excludes halogenated alkanes) is 6. The maximum atomic E-state index is 6.53. The van der Waals surface area contributed by atoms with Crippen molar-refractivity contribution in [2.45, 2.75) is 156 Å². The van der Waals surface area contributed by atoms with Gasteiger partial charge in [0.15, 0.2) is 12.6 Å². The molecule has 0 bridgehead atoms. The molecule has 0 saturated carbocycles. The molecule has 0 aromatic heterocycles. The summed E-state index contributed by atoms with van der Waals surface area (Å²) in [7, 11) is 0. The van der Waals surface area contributed by atoms with Crippen molar-refractivity contribution in [3.8, 4) is 0 Å². The standard InChI is InChI=1S/C30H60Br2O3/c1-5-17-27(3)19-15-21-29(33-25-13-9-7-11-23-31)35-30(22-16-20-28(4)18-6-2)34-26-14-10-8-12-24-32/h27-30H,5-26H2,1-4H3. The molecule has 0 aromatic carbocycles. The van der Waals surface area contributed by atoms with Crippen LogP contribution in [0.1, 0.15) is 143 Å². The highest BCUT2D eigenvalue weighted by atomic mass is 79.9. The zero-order chi connectivity index (χ0) is 26.0. The second kappa shape index (κ2) is 27.9. The molecule has 3 nitrogen and oxygen atoms in total. The Morgan fingerprint density at radius 2 is 0.886 bits per heavy atom. The molecule has 0 aliphatic rings. The minimum atomic E-state index is -0.133. The van der Waals surface area contributed by atoms with E-state index in [2.05, 4.69) is 59.6 Å². The lowest BCUT2D eigenvalue weighted by atomic mass is 9.99. The molecule has 0 aromatic rings. The van der Waals surface area contributed by atoms with Crippen molar-refractivity contribution in [2.24, 2.45) is 11.8 Å². The van der Waals surface area contributed by atoms with E-state index in [-0.39, 0.29) is 12.6 Å². The average Bonchev–Trinajstić information content (AvgIpc) is 2.83. The number of alkyl halides is 2. The molecule has 35 heavy (non-hydrogen) atoms. The maximum Gasteiger partial charge on any atom is 0.160 e. The molecule has 0 fully saturated rings. The quantitative estimate of drug-likeness (QED) is 0.0490. The third-order valence-electron chi connectivity index (χ3n) is 6.80. The molecule has 0 N–H and O–H groups in total. The topological polar surface area (TPSA) is 27.7 Å².